The van der Waals surface area contributed by atoms with Crippen molar-refractivity contribution >= 4 is 5.95 Å². The predicted molar refractivity (Wildman–Crippen MR) is 65.7 cm³/mol. The van der Waals surface area contributed by atoms with Gasteiger partial charge in [0.2, 0.25) is 5.95 Å². The van der Waals surface area contributed by atoms with Crippen LogP contribution in [-0.2, 0) is 6.18 Å². The van der Waals surface area contributed by atoms with Crippen LogP contribution in [0.4, 0.5) is 19.1 Å². The second kappa shape index (κ2) is 4.46. The quantitative estimate of drug-likeness (QED) is 0.940. The van der Waals surface area contributed by atoms with Crippen LogP contribution in [0.15, 0.2) is 18.3 Å². The lowest BCUT2D eigenvalue weighted by Crippen LogP contribution is -2.13. The summed E-state index contributed by atoms with van der Waals surface area (Å²) >= 11 is 0. The number of aromatic nitrogens is 4. The number of alkyl halides is 3. The Balaban J connectivity index is 2.02. The van der Waals surface area contributed by atoms with Gasteiger partial charge < -0.3 is 5.32 Å². The molecule has 2 aromatic rings. The van der Waals surface area contributed by atoms with Crippen LogP contribution in [0.3, 0.4) is 0 Å². The lowest BCUT2D eigenvalue weighted by atomic mass is 10.3. The highest BCUT2D eigenvalue weighted by Gasteiger charge is 2.34. The fourth-order valence-electron chi connectivity index (χ4n) is 1.87. The molecule has 1 aliphatic rings. The molecular formula is C12H12F3N5. The fourth-order valence-corrected chi connectivity index (χ4v) is 1.87. The van der Waals surface area contributed by atoms with Crippen LogP contribution in [-0.4, -0.2) is 26.8 Å². The molecule has 0 bridgehead atoms. The van der Waals surface area contributed by atoms with Crippen LogP contribution in [0, 0.1) is 0 Å². The molecule has 0 aromatic carbocycles. The van der Waals surface area contributed by atoms with E-state index in [1.165, 1.54) is 11.7 Å². The van der Waals surface area contributed by atoms with Crippen LogP contribution in [0.2, 0.25) is 0 Å². The molecule has 1 saturated carbocycles. The van der Waals surface area contributed by atoms with Crippen molar-refractivity contribution < 1.29 is 13.2 Å². The summed E-state index contributed by atoms with van der Waals surface area (Å²) in [5.41, 5.74) is -0.0986. The Morgan fingerprint density at radius 3 is 2.65 bits per heavy atom. The summed E-state index contributed by atoms with van der Waals surface area (Å²) in [5, 5.41) is 6.80. The third-order valence-corrected chi connectivity index (χ3v) is 3.07. The largest absolute Gasteiger partial charge is 0.433 e. The highest BCUT2D eigenvalue weighted by molar-refractivity contribution is 5.35. The summed E-state index contributed by atoms with van der Waals surface area (Å²) in [6.45, 7) is 0. The van der Waals surface area contributed by atoms with Gasteiger partial charge in [0, 0.05) is 25.2 Å². The average Bonchev–Trinajstić information content (AvgIpc) is 3.15. The van der Waals surface area contributed by atoms with Crippen molar-refractivity contribution in [2.45, 2.75) is 24.9 Å². The molecule has 0 amide bonds. The molecule has 0 unspecified atom stereocenters. The molecule has 0 radical (unpaired) electrons. The zero-order valence-electron chi connectivity index (χ0n) is 10.6. The molecular weight excluding hydrogens is 271 g/mol. The van der Waals surface area contributed by atoms with Crippen LogP contribution in [0.5, 0.6) is 0 Å². The van der Waals surface area contributed by atoms with Gasteiger partial charge in [-0.1, -0.05) is 0 Å². The minimum atomic E-state index is -4.52. The molecule has 20 heavy (non-hydrogen) atoms. The molecule has 5 nitrogen and oxygen atoms in total. The summed E-state index contributed by atoms with van der Waals surface area (Å²) in [6, 6.07) is 2.70. The van der Waals surface area contributed by atoms with Crippen molar-refractivity contribution in [3.63, 3.8) is 0 Å². The van der Waals surface area contributed by atoms with Crippen molar-refractivity contribution in [1.82, 2.24) is 19.7 Å². The molecule has 0 spiro atoms. The van der Waals surface area contributed by atoms with E-state index in [0.29, 0.717) is 5.92 Å². The maximum atomic E-state index is 12.8. The van der Waals surface area contributed by atoms with Crippen LogP contribution in [0.1, 0.15) is 30.1 Å². The molecule has 2 aromatic heterocycles. The first-order valence-corrected chi connectivity index (χ1v) is 6.17. The second-order valence-electron chi connectivity index (χ2n) is 4.64. The smallest absolute Gasteiger partial charge is 0.357 e. The van der Waals surface area contributed by atoms with Gasteiger partial charge in [-0.25, -0.2) is 9.67 Å². The summed E-state index contributed by atoms with van der Waals surface area (Å²) in [5.74, 6) is 0.450. The van der Waals surface area contributed by atoms with E-state index in [-0.39, 0.29) is 11.8 Å². The van der Waals surface area contributed by atoms with Crippen molar-refractivity contribution in [2.24, 2.45) is 0 Å². The molecule has 2 heterocycles. The van der Waals surface area contributed by atoms with E-state index in [1.807, 2.05) is 6.07 Å². The van der Waals surface area contributed by atoms with Crippen LogP contribution < -0.4 is 5.32 Å². The van der Waals surface area contributed by atoms with E-state index in [1.54, 1.807) is 6.20 Å². The van der Waals surface area contributed by atoms with Crippen LogP contribution in [0.25, 0.3) is 5.82 Å². The van der Waals surface area contributed by atoms with Crippen molar-refractivity contribution in [3.8, 4) is 5.82 Å². The Labute approximate surface area is 112 Å². The first-order chi connectivity index (χ1) is 9.47. The molecule has 3 rings (SSSR count). The summed E-state index contributed by atoms with van der Waals surface area (Å²) < 4.78 is 39.7. The standard InChI is InChI=1S/C12H12F3N5/c1-16-11-17-9(12(13,14)15)6-10(18-11)20-5-4-8(19-20)7-2-3-7/h4-7H,2-3H2,1H3,(H,16,17,18). The van der Waals surface area contributed by atoms with Gasteiger partial charge in [0.15, 0.2) is 11.5 Å². The van der Waals surface area contributed by atoms with Gasteiger partial charge in [0.05, 0.1) is 5.69 Å². The lowest BCUT2D eigenvalue weighted by molar-refractivity contribution is -0.141. The van der Waals surface area contributed by atoms with E-state index < -0.39 is 11.9 Å². The Hall–Kier alpha value is -2.12. The highest BCUT2D eigenvalue weighted by Crippen LogP contribution is 2.39. The molecule has 1 fully saturated rings. The predicted octanol–water partition coefficient (Wildman–Crippen LogP) is 2.60. The zero-order chi connectivity index (χ0) is 14.3. The Morgan fingerprint density at radius 1 is 1.30 bits per heavy atom. The lowest BCUT2D eigenvalue weighted by Gasteiger charge is -2.10. The summed E-state index contributed by atoms with van der Waals surface area (Å²) in [6.07, 6.45) is -0.738. The van der Waals surface area contributed by atoms with E-state index >= 15 is 0 Å². The van der Waals surface area contributed by atoms with Crippen molar-refractivity contribution in [2.75, 3.05) is 12.4 Å². The highest BCUT2D eigenvalue weighted by atomic mass is 19.4. The molecule has 8 heteroatoms. The van der Waals surface area contributed by atoms with Crippen molar-refractivity contribution in [1.29, 1.82) is 0 Å². The van der Waals surface area contributed by atoms with Gasteiger partial charge in [0.25, 0.3) is 0 Å². The third kappa shape index (κ3) is 2.45. The number of halogens is 3. The van der Waals surface area contributed by atoms with Gasteiger partial charge in [-0.3, -0.25) is 0 Å². The van der Waals surface area contributed by atoms with Crippen molar-refractivity contribution in [3.05, 3.63) is 29.7 Å². The molecule has 1 aliphatic carbocycles. The number of nitrogens with zero attached hydrogens (tertiary/aromatic N) is 4. The number of hydrogen-bond donors (Lipinski definition) is 1. The molecule has 0 saturated heterocycles. The molecule has 0 aliphatic heterocycles. The van der Waals surface area contributed by atoms with Gasteiger partial charge in [-0.15, -0.1) is 0 Å². The van der Waals surface area contributed by atoms with E-state index in [0.717, 1.165) is 24.6 Å². The first-order valence-electron chi connectivity index (χ1n) is 6.17. The normalized spacial score (nSPS) is 15.4. The van der Waals surface area contributed by atoms with Gasteiger partial charge in [-0.05, 0) is 18.9 Å². The second-order valence-corrected chi connectivity index (χ2v) is 4.64. The molecule has 106 valence electrons. The maximum absolute atomic E-state index is 12.8. The first kappa shape index (κ1) is 12.9. The van der Waals surface area contributed by atoms with Gasteiger partial charge in [-0.2, -0.15) is 23.3 Å². The maximum Gasteiger partial charge on any atom is 0.433 e. The van der Waals surface area contributed by atoms with E-state index in [2.05, 4.69) is 20.4 Å². The monoisotopic (exact) mass is 283 g/mol. The number of hydrogen-bond acceptors (Lipinski definition) is 4. The number of rotatable bonds is 3. The average molecular weight is 283 g/mol. The zero-order valence-corrected chi connectivity index (χ0v) is 10.6. The number of nitrogens with one attached hydrogen (secondary N) is 1. The Kier molecular flexibility index (Phi) is 2.88. The summed E-state index contributed by atoms with van der Waals surface area (Å²) in [7, 11) is 1.47. The van der Waals surface area contributed by atoms with E-state index in [9.17, 15) is 13.2 Å². The number of anilines is 1. The topological polar surface area (TPSA) is 55.6 Å². The van der Waals surface area contributed by atoms with Gasteiger partial charge >= 0.3 is 6.18 Å². The Morgan fingerprint density at radius 2 is 2.05 bits per heavy atom. The third-order valence-electron chi connectivity index (χ3n) is 3.07. The minimum absolute atomic E-state index is 0.0849. The van der Waals surface area contributed by atoms with Crippen LogP contribution >= 0.6 is 0 Å². The Bertz CT molecular complexity index is 630. The molecule has 1 N–H and O–H groups in total. The minimum Gasteiger partial charge on any atom is -0.357 e. The fraction of sp³-hybridized carbons (Fsp3) is 0.417. The van der Waals surface area contributed by atoms with Gasteiger partial charge in [0.1, 0.15) is 0 Å². The van der Waals surface area contributed by atoms with E-state index in [4.69, 9.17) is 0 Å². The molecule has 0 atom stereocenters. The summed E-state index contributed by atoms with van der Waals surface area (Å²) in [4.78, 5) is 7.42. The SMILES string of the molecule is CNc1nc(-n2ccc(C3CC3)n2)cc(C(F)(F)F)n1.